The Bertz CT molecular complexity index is 936. The molecule has 0 bridgehead atoms. The predicted molar refractivity (Wildman–Crippen MR) is 115 cm³/mol. The third-order valence-corrected chi connectivity index (χ3v) is 5.90. The Morgan fingerprint density at radius 3 is 2.64 bits per heavy atom. The summed E-state index contributed by atoms with van der Waals surface area (Å²) in [5.74, 6) is -0.841. The highest BCUT2D eigenvalue weighted by Gasteiger charge is 2.31. The molecule has 2 amide bonds. The average Bonchev–Trinajstić information content (AvgIpc) is 3.43. The molecule has 0 saturated carbocycles. The Morgan fingerprint density at radius 2 is 1.94 bits per heavy atom. The molecule has 0 radical (unpaired) electrons. The average molecular weight is 487 g/mol. The van der Waals surface area contributed by atoms with Crippen molar-refractivity contribution >= 4 is 23.2 Å². The summed E-state index contributed by atoms with van der Waals surface area (Å²) in [6.45, 7) is 4.51. The van der Waals surface area contributed by atoms with Gasteiger partial charge in [0.05, 0.1) is 6.54 Å². The number of nitrogens with zero attached hydrogens (tertiary/aromatic N) is 2. The van der Waals surface area contributed by atoms with Gasteiger partial charge in [-0.1, -0.05) is 6.92 Å². The maximum Gasteiger partial charge on any atom is 0.573 e. The molecule has 180 valence electrons. The quantitative estimate of drug-likeness (QED) is 0.537. The van der Waals surface area contributed by atoms with Crippen molar-refractivity contribution < 1.29 is 32.2 Å². The van der Waals surface area contributed by atoms with Crippen LogP contribution in [0, 0.1) is 0 Å². The second kappa shape index (κ2) is 11.3. The normalized spacial score (nSPS) is 16.4. The van der Waals surface area contributed by atoms with Crippen LogP contribution in [0.25, 0.3) is 0 Å². The fraction of sp³-hybridized carbons (Fsp3) is 0.476. The lowest BCUT2D eigenvalue weighted by atomic mass is 10.2. The molecule has 1 aliphatic rings. The Labute approximate surface area is 193 Å². The number of aromatic nitrogens is 1. The molecule has 1 aromatic heterocycles. The Kier molecular flexibility index (Phi) is 8.50. The fourth-order valence-electron chi connectivity index (χ4n) is 3.45. The molecule has 3 rings (SSSR count). The van der Waals surface area contributed by atoms with Crippen molar-refractivity contribution in [2.24, 2.45) is 0 Å². The predicted octanol–water partition coefficient (Wildman–Crippen LogP) is 2.95. The van der Waals surface area contributed by atoms with Gasteiger partial charge in [-0.15, -0.1) is 24.5 Å². The third kappa shape index (κ3) is 7.90. The molecule has 1 saturated heterocycles. The van der Waals surface area contributed by atoms with Gasteiger partial charge in [-0.2, -0.15) is 0 Å². The first-order valence-electron chi connectivity index (χ1n) is 10.5. The van der Waals surface area contributed by atoms with Gasteiger partial charge in [-0.05, 0) is 50.2 Å². The zero-order valence-electron chi connectivity index (χ0n) is 18.0. The zero-order valence-corrected chi connectivity index (χ0v) is 18.8. The monoisotopic (exact) mass is 486 g/mol. The van der Waals surface area contributed by atoms with Crippen molar-refractivity contribution in [2.75, 3.05) is 26.2 Å². The van der Waals surface area contributed by atoms with Crippen LogP contribution in [0.1, 0.15) is 35.3 Å². The number of likely N-dealkylation sites (tertiary alicyclic amines) is 1. The van der Waals surface area contributed by atoms with Crippen LogP contribution >= 0.6 is 11.3 Å². The first-order valence-corrected chi connectivity index (χ1v) is 11.3. The molecule has 1 aromatic carbocycles. The minimum Gasteiger partial charge on any atom is -0.484 e. The first-order chi connectivity index (χ1) is 15.7. The lowest BCUT2D eigenvalue weighted by Crippen LogP contribution is -2.40. The zero-order chi connectivity index (χ0) is 23.8. The summed E-state index contributed by atoms with van der Waals surface area (Å²) in [4.78, 5) is 30.9. The van der Waals surface area contributed by atoms with E-state index < -0.39 is 12.3 Å². The minimum absolute atomic E-state index is 0.130. The van der Waals surface area contributed by atoms with Gasteiger partial charge >= 0.3 is 6.36 Å². The number of rotatable bonds is 10. The van der Waals surface area contributed by atoms with E-state index in [-0.39, 0.29) is 30.6 Å². The summed E-state index contributed by atoms with van der Waals surface area (Å²) in [5, 5.41) is 7.76. The van der Waals surface area contributed by atoms with Crippen molar-refractivity contribution in [2.45, 2.75) is 38.7 Å². The van der Waals surface area contributed by atoms with E-state index in [1.165, 1.54) is 23.5 Å². The number of halogens is 3. The standard InChI is InChI=1S/C21H25F3N4O4S/c1-2-28-9-3-4-14(28)10-26-20(30)17-13-33-19(27-17)11-25-18(29)12-31-15-5-7-16(8-6-15)32-21(22,23)24/h5-8,13-14H,2-4,9-12H2,1H3,(H,25,29)(H,26,30). The lowest BCUT2D eigenvalue weighted by molar-refractivity contribution is -0.274. The summed E-state index contributed by atoms with van der Waals surface area (Å²) >= 11 is 1.26. The van der Waals surface area contributed by atoms with Gasteiger partial charge in [-0.25, -0.2) is 4.98 Å². The molecule has 2 aromatic rings. The Balaban J connectivity index is 1.38. The van der Waals surface area contributed by atoms with Crippen LogP contribution in [0.3, 0.4) is 0 Å². The number of nitrogens with one attached hydrogen (secondary N) is 2. The highest BCUT2D eigenvalue weighted by molar-refractivity contribution is 7.09. The molecule has 1 aliphatic heterocycles. The molecule has 0 spiro atoms. The third-order valence-electron chi connectivity index (χ3n) is 5.05. The Morgan fingerprint density at radius 1 is 1.21 bits per heavy atom. The molecule has 2 heterocycles. The smallest absolute Gasteiger partial charge is 0.484 e. The number of alkyl halides is 3. The molecule has 0 aliphatic carbocycles. The maximum atomic E-state index is 12.3. The molecule has 1 fully saturated rings. The van der Waals surface area contributed by atoms with Crippen molar-refractivity contribution in [3.8, 4) is 11.5 Å². The van der Waals surface area contributed by atoms with Crippen molar-refractivity contribution in [3.63, 3.8) is 0 Å². The molecule has 8 nitrogen and oxygen atoms in total. The van der Waals surface area contributed by atoms with E-state index in [4.69, 9.17) is 4.74 Å². The van der Waals surface area contributed by atoms with Gasteiger partial charge in [-0.3, -0.25) is 14.5 Å². The minimum atomic E-state index is -4.77. The first kappa shape index (κ1) is 24.8. The second-order valence-corrected chi connectivity index (χ2v) is 8.29. The van der Waals surface area contributed by atoms with Crippen molar-refractivity contribution in [1.82, 2.24) is 20.5 Å². The summed E-state index contributed by atoms with van der Waals surface area (Å²) in [5.41, 5.74) is 0.308. The van der Waals surface area contributed by atoms with Crippen LogP contribution in [-0.2, 0) is 11.3 Å². The van der Waals surface area contributed by atoms with Gasteiger partial charge < -0.3 is 20.1 Å². The molecule has 33 heavy (non-hydrogen) atoms. The van der Waals surface area contributed by atoms with E-state index in [1.54, 1.807) is 5.38 Å². The molecule has 2 N–H and O–H groups in total. The van der Waals surface area contributed by atoms with Gasteiger partial charge in [0, 0.05) is 18.0 Å². The molecule has 1 unspecified atom stereocenters. The van der Waals surface area contributed by atoms with E-state index >= 15 is 0 Å². The van der Waals surface area contributed by atoms with Gasteiger partial charge in [0.25, 0.3) is 11.8 Å². The number of benzene rings is 1. The number of amides is 2. The summed E-state index contributed by atoms with van der Waals surface area (Å²) in [7, 11) is 0. The number of carbonyl (C=O) groups excluding carboxylic acids is 2. The summed E-state index contributed by atoms with van der Waals surface area (Å²) in [6, 6.07) is 5.08. The van der Waals surface area contributed by atoms with E-state index in [0.717, 1.165) is 38.1 Å². The maximum absolute atomic E-state index is 12.3. The topological polar surface area (TPSA) is 92.8 Å². The van der Waals surface area contributed by atoms with Gasteiger partial charge in [0.1, 0.15) is 22.2 Å². The molecular formula is C21H25F3N4O4S. The number of carbonyl (C=O) groups is 2. The van der Waals surface area contributed by atoms with E-state index in [0.29, 0.717) is 23.3 Å². The fourth-order valence-corrected chi connectivity index (χ4v) is 4.17. The number of hydrogen-bond donors (Lipinski definition) is 2. The SMILES string of the molecule is CCN1CCCC1CNC(=O)c1csc(CNC(=O)COc2ccc(OC(F)(F)F)cc2)n1. The largest absolute Gasteiger partial charge is 0.573 e. The highest BCUT2D eigenvalue weighted by Crippen LogP contribution is 2.24. The molecule has 1 atom stereocenters. The van der Waals surface area contributed by atoms with Crippen LogP contribution in [0.2, 0.25) is 0 Å². The van der Waals surface area contributed by atoms with Gasteiger partial charge in [0.2, 0.25) is 0 Å². The number of ether oxygens (including phenoxy) is 2. The number of thiazole rings is 1. The molecular weight excluding hydrogens is 461 g/mol. The van der Waals surface area contributed by atoms with Crippen LogP contribution in [0.4, 0.5) is 13.2 Å². The van der Waals surface area contributed by atoms with E-state index in [1.807, 2.05) is 0 Å². The summed E-state index contributed by atoms with van der Waals surface area (Å²) < 4.78 is 45.5. The Hall–Kier alpha value is -2.86. The highest BCUT2D eigenvalue weighted by atomic mass is 32.1. The summed E-state index contributed by atoms with van der Waals surface area (Å²) in [6.07, 6.45) is -2.57. The second-order valence-electron chi connectivity index (χ2n) is 7.35. The number of hydrogen-bond acceptors (Lipinski definition) is 7. The van der Waals surface area contributed by atoms with E-state index in [2.05, 4.69) is 32.2 Å². The van der Waals surface area contributed by atoms with Crippen LogP contribution in [0.5, 0.6) is 11.5 Å². The van der Waals surface area contributed by atoms with Crippen molar-refractivity contribution in [3.05, 3.63) is 40.3 Å². The molecule has 12 heteroatoms. The van der Waals surface area contributed by atoms with E-state index in [9.17, 15) is 22.8 Å². The number of likely N-dealkylation sites (N-methyl/N-ethyl adjacent to an activating group) is 1. The van der Waals surface area contributed by atoms with Gasteiger partial charge in [0.15, 0.2) is 6.61 Å². The van der Waals surface area contributed by atoms with Crippen LogP contribution in [0.15, 0.2) is 29.6 Å². The van der Waals surface area contributed by atoms with Crippen LogP contribution in [-0.4, -0.2) is 60.3 Å². The van der Waals surface area contributed by atoms with Crippen molar-refractivity contribution in [1.29, 1.82) is 0 Å². The lowest BCUT2D eigenvalue weighted by Gasteiger charge is -2.22. The van der Waals surface area contributed by atoms with Crippen LogP contribution < -0.4 is 20.1 Å².